The summed E-state index contributed by atoms with van der Waals surface area (Å²) in [5, 5.41) is 3.37. The predicted octanol–water partition coefficient (Wildman–Crippen LogP) is 1.17. The number of rotatable bonds is 6. The standard InChI is InChI=1S/C20H36N4O2/c1-2-22-11-13-24(14-12-22)20(26)15-17-6-9-23(10-7-17)19(25)4-3-18-5-8-21-16-18/h17-18,21H,2-16H2,1H3. The van der Waals surface area contributed by atoms with Gasteiger partial charge >= 0.3 is 0 Å². The van der Waals surface area contributed by atoms with Crippen LogP contribution in [-0.4, -0.2) is 85.4 Å². The fourth-order valence-corrected chi connectivity index (χ4v) is 4.52. The SMILES string of the molecule is CCN1CCN(C(=O)CC2CCN(C(=O)CCC3CCNC3)CC2)CC1. The number of likely N-dealkylation sites (N-methyl/N-ethyl adjacent to an activating group) is 1. The van der Waals surface area contributed by atoms with E-state index in [9.17, 15) is 9.59 Å². The van der Waals surface area contributed by atoms with Crippen molar-refractivity contribution in [3.05, 3.63) is 0 Å². The normalized spacial score (nSPS) is 25.7. The van der Waals surface area contributed by atoms with Crippen molar-refractivity contribution in [2.24, 2.45) is 11.8 Å². The predicted molar refractivity (Wildman–Crippen MR) is 103 cm³/mol. The molecule has 3 fully saturated rings. The van der Waals surface area contributed by atoms with Crippen LogP contribution >= 0.6 is 0 Å². The van der Waals surface area contributed by atoms with Gasteiger partial charge in [-0.05, 0) is 57.2 Å². The molecule has 3 aliphatic heterocycles. The van der Waals surface area contributed by atoms with Gasteiger partial charge in [-0.3, -0.25) is 9.59 Å². The van der Waals surface area contributed by atoms with Crippen molar-refractivity contribution < 1.29 is 9.59 Å². The van der Waals surface area contributed by atoms with Crippen molar-refractivity contribution in [2.45, 2.75) is 45.4 Å². The number of carbonyl (C=O) groups is 2. The second-order valence-corrected chi connectivity index (χ2v) is 8.24. The third-order valence-corrected chi connectivity index (χ3v) is 6.53. The first-order valence-electron chi connectivity index (χ1n) is 10.6. The van der Waals surface area contributed by atoms with Crippen LogP contribution in [0, 0.1) is 11.8 Å². The number of nitrogens with zero attached hydrogens (tertiary/aromatic N) is 3. The quantitative estimate of drug-likeness (QED) is 0.769. The van der Waals surface area contributed by atoms with E-state index in [1.54, 1.807) is 0 Å². The van der Waals surface area contributed by atoms with Gasteiger partial charge in [0.2, 0.25) is 11.8 Å². The Morgan fingerprint density at radius 3 is 2.19 bits per heavy atom. The maximum atomic E-state index is 12.5. The first-order valence-corrected chi connectivity index (χ1v) is 10.6. The number of nitrogens with one attached hydrogen (secondary N) is 1. The Labute approximate surface area is 158 Å². The van der Waals surface area contributed by atoms with E-state index in [4.69, 9.17) is 0 Å². The van der Waals surface area contributed by atoms with Crippen LogP contribution in [0.3, 0.4) is 0 Å². The lowest BCUT2D eigenvalue weighted by molar-refractivity contribution is -0.135. The van der Waals surface area contributed by atoms with Crippen LogP contribution in [0.25, 0.3) is 0 Å². The van der Waals surface area contributed by atoms with Crippen molar-refractivity contribution in [1.82, 2.24) is 20.0 Å². The van der Waals surface area contributed by atoms with Crippen molar-refractivity contribution in [1.29, 1.82) is 0 Å². The molecule has 0 aromatic rings. The molecular weight excluding hydrogens is 328 g/mol. The Hall–Kier alpha value is -1.14. The van der Waals surface area contributed by atoms with Crippen molar-refractivity contribution >= 4 is 11.8 Å². The summed E-state index contributed by atoms with van der Waals surface area (Å²) >= 11 is 0. The minimum atomic E-state index is 0.317. The first-order chi connectivity index (χ1) is 12.7. The van der Waals surface area contributed by atoms with Gasteiger partial charge in [-0.1, -0.05) is 6.92 Å². The molecule has 0 aliphatic carbocycles. The highest BCUT2D eigenvalue weighted by atomic mass is 16.2. The molecule has 3 aliphatic rings. The first kappa shape index (κ1) is 19.6. The molecule has 6 nitrogen and oxygen atoms in total. The van der Waals surface area contributed by atoms with Crippen LogP contribution in [-0.2, 0) is 9.59 Å². The van der Waals surface area contributed by atoms with Gasteiger partial charge in [-0.15, -0.1) is 0 Å². The zero-order valence-corrected chi connectivity index (χ0v) is 16.4. The van der Waals surface area contributed by atoms with Gasteiger partial charge in [0.05, 0.1) is 0 Å². The average Bonchev–Trinajstić information content (AvgIpc) is 3.20. The maximum absolute atomic E-state index is 12.5. The van der Waals surface area contributed by atoms with E-state index < -0.39 is 0 Å². The molecule has 1 unspecified atom stereocenters. The van der Waals surface area contributed by atoms with E-state index in [1.807, 2.05) is 9.80 Å². The van der Waals surface area contributed by atoms with Gasteiger partial charge in [-0.2, -0.15) is 0 Å². The molecule has 2 amide bonds. The van der Waals surface area contributed by atoms with Crippen LogP contribution in [0.2, 0.25) is 0 Å². The number of amides is 2. The molecule has 26 heavy (non-hydrogen) atoms. The lowest BCUT2D eigenvalue weighted by Gasteiger charge is -2.36. The smallest absolute Gasteiger partial charge is 0.222 e. The van der Waals surface area contributed by atoms with Gasteiger partial charge in [0.25, 0.3) is 0 Å². The molecule has 0 radical (unpaired) electrons. The van der Waals surface area contributed by atoms with E-state index in [2.05, 4.69) is 17.1 Å². The Balaban J connectivity index is 1.33. The van der Waals surface area contributed by atoms with Gasteiger partial charge in [0.15, 0.2) is 0 Å². The zero-order valence-electron chi connectivity index (χ0n) is 16.4. The Bertz CT molecular complexity index is 462. The van der Waals surface area contributed by atoms with Crippen LogP contribution in [0.5, 0.6) is 0 Å². The number of hydrogen-bond donors (Lipinski definition) is 1. The highest BCUT2D eigenvalue weighted by Crippen LogP contribution is 2.23. The Morgan fingerprint density at radius 1 is 0.885 bits per heavy atom. The molecule has 0 bridgehead atoms. The fraction of sp³-hybridized carbons (Fsp3) is 0.900. The van der Waals surface area contributed by atoms with Gasteiger partial charge < -0.3 is 20.0 Å². The number of piperidine rings is 1. The van der Waals surface area contributed by atoms with Gasteiger partial charge in [-0.25, -0.2) is 0 Å². The molecular formula is C20H36N4O2. The van der Waals surface area contributed by atoms with E-state index in [-0.39, 0.29) is 0 Å². The third kappa shape index (κ3) is 5.43. The molecule has 3 heterocycles. The van der Waals surface area contributed by atoms with Crippen molar-refractivity contribution in [3.8, 4) is 0 Å². The molecule has 1 N–H and O–H groups in total. The molecule has 0 aromatic carbocycles. The molecule has 6 heteroatoms. The van der Waals surface area contributed by atoms with E-state index >= 15 is 0 Å². The fourth-order valence-electron chi connectivity index (χ4n) is 4.52. The van der Waals surface area contributed by atoms with Gasteiger partial charge in [0.1, 0.15) is 0 Å². The molecule has 3 saturated heterocycles. The van der Waals surface area contributed by atoms with E-state index in [0.29, 0.717) is 36.5 Å². The van der Waals surface area contributed by atoms with Crippen LogP contribution in [0.15, 0.2) is 0 Å². The second kappa shape index (κ2) is 9.70. The molecule has 148 valence electrons. The third-order valence-electron chi connectivity index (χ3n) is 6.53. The molecule has 3 rings (SSSR count). The topological polar surface area (TPSA) is 55.9 Å². The lowest BCUT2D eigenvalue weighted by atomic mass is 9.92. The second-order valence-electron chi connectivity index (χ2n) is 8.24. The lowest BCUT2D eigenvalue weighted by Crippen LogP contribution is -2.49. The number of likely N-dealkylation sites (tertiary alicyclic amines) is 1. The van der Waals surface area contributed by atoms with Gasteiger partial charge in [0, 0.05) is 52.1 Å². The average molecular weight is 365 g/mol. The summed E-state index contributed by atoms with van der Waals surface area (Å²) < 4.78 is 0. The molecule has 0 saturated carbocycles. The van der Waals surface area contributed by atoms with E-state index in [1.165, 1.54) is 6.42 Å². The summed E-state index contributed by atoms with van der Waals surface area (Å²) in [6.45, 7) is 10.9. The monoisotopic (exact) mass is 364 g/mol. The maximum Gasteiger partial charge on any atom is 0.222 e. The minimum absolute atomic E-state index is 0.317. The number of carbonyl (C=O) groups excluding carboxylic acids is 2. The Kier molecular flexibility index (Phi) is 7.32. The summed E-state index contributed by atoms with van der Waals surface area (Å²) in [5.41, 5.74) is 0. The zero-order chi connectivity index (χ0) is 18.4. The number of piperazine rings is 1. The Morgan fingerprint density at radius 2 is 1.58 bits per heavy atom. The highest BCUT2D eigenvalue weighted by molar-refractivity contribution is 5.77. The molecule has 0 spiro atoms. The summed E-state index contributed by atoms with van der Waals surface area (Å²) in [6, 6.07) is 0. The molecule has 1 atom stereocenters. The summed E-state index contributed by atoms with van der Waals surface area (Å²) in [6.07, 6.45) is 5.56. The van der Waals surface area contributed by atoms with Crippen molar-refractivity contribution in [2.75, 3.05) is 58.9 Å². The van der Waals surface area contributed by atoms with Crippen LogP contribution < -0.4 is 5.32 Å². The summed E-state index contributed by atoms with van der Waals surface area (Å²) in [5.74, 6) is 1.77. The largest absolute Gasteiger partial charge is 0.343 e. The highest BCUT2D eigenvalue weighted by Gasteiger charge is 2.27. The number of hydrogen-bond acceptors (Lipinski definition) is 4. The van der Waals surface area contributed by atoms with Crippen LogP contribution in [0.1, 0.15) is 45.4 Å². The summed E-state index contributed by atoms with van der Waals surface area (Å²) in [7, 11) is 0. The van der Waals surface area contributed by atoms with Crippen LogP contribution in [0.4, 0.5) is 0 Å². The van der Waals surface area contributed by atoms with E-state index in [0.717, 1.165) is 78.2 Å². The minimum Gasteiger partial charge on any atom is -0.343 e. The molecule has 0 aromatic heterocycles. The van der Waals surface area contributed by atoms with Crippen molar-refractivity contribution in [3.63, 3.8) is 0 Å². The summed E-state index contributed by atoms with van der Waals surface area (Å²) in [4.78, 5) is 31.4.